The monoisotopic (exact) mass is 561 g/mol. The maximum Gasteiger partial charge on any atom is 0.225 e. The van der Waals surface area contributed by atoms with E-state index in [9.17, 15) is 9.18 Å². The van der Waals surface area contributed by atoms with Crippen LogP contribution in [0.2, 0.25) is 0 Å². The first-order chi connectivity index (χ1) is 15.0. The molecule has 1 aliphatic carbocycles. The number of carbonyl (C=O) groups is 1. The summed E-state index contributed by atoms with van der Waals surface area (Å²) in [5.41, 5.74) is 0. The van der Waals surface area contributed by atoms with Gasteiger partial charge in [0.2, 0.25) is 5.91 Å². The first kappa shape index (κ1) is 26.6. The SMILES string of the molecule is CCNC(=NCC(C)Oc1ccc(F)cc1)NCCN1CCN(C(=O)C2CCC2)CC1.I. The molecule has 2 fully saturated rings. The molecule has 1 aliphatic heterocycles. The number of nitrogens with zero attached hydrogens (tertiary/aromatic N) is 3. The van der Waals surface area contributed by atoms with Crippen LogP contribution in [0.15, 0.2) is 29.3 Å². The third-order valence-corrected chi connectivity index (χ3v) is 5.86. The van der Waals surface area contributed by atoms with Crippen molar-refractivity contribution in [3.63, 3.8) is 0 Å². The van der Waals surface area contributed by atoms with Gasteiger partial charge < -0.3 is 20.3 Å². The van der Waals surface area contributed by atoms with E-state index in [4.69, 9.17) is 4.74 Å². The molecule has 2 aliphatic rings. The summed E-state index contributed by atoms with van der Waals surface area (Å²) in [7, 11) is 0. The predicted octanol–water partition coefficient (Wildman–Crippen LogP) is 2.71. The van der Waals surface area contributed by atoms with E-state index in [1.807, 2.05) is 18.7 Å². The number of hydrogen-bond donors (Lipinski definition) is 2. The van der Waals surface area contributed by atoms with Crippen LogP contribution in [0.4, 0.5) is 4.39 Å². The Kier molecular flexibility index (Phi) is 11.5. The number of halogens is 2. The van der Waals surface area contributed by atoms with E-state index in [0.717, 1.165) is 64.6 Å². The van der Waals surface area contributed by atoms with Crippen LogP contribution in [0.1, 0.15) is 33.1 Å². The molecule has 1 amide bonds. The summed E-state index contributed by atoms with van der Waals surface area (Å²) in [6, 6.07) is 6.02. The van der Waals surface area contributed by atoms with Gasteiger partial charge in [-0.15, -0.1) is 24.0 Å². The van der Waals surface area contributed by atoms with Gasteiger partial charge in [-0.05, 0) is 51.0 Å². The molecular formula is C23H37FIN5O2. The van der Waals surface area contributed by atoms with Gasteiger partial charge in [-0.2, -0.15) is 0 Å². The fraction of sp³-hybridized carbons (Fsp3) is 0.652. The Bertz CT molecular complexity index is 722. The van der Waals surface area contributed by atoms with Crippen LogP contribution in [-0.4, -0.2) is 80.1 Å². The molecule has 1 atom stereocenters. The molecule has 1 saturated carbocycles. The number of guanidine groups is 1. The first-order valence-electron chi connectivity index (χ1n) is 11.5. The summed E-state index contributed by atoms with van der Waals surface area (Å²) in [5.74, 6) is 1.78. The molecule has 9 heteroatoms. The molecule has 2 N–H and O–H groups in total. The summed E-state index contributed by atoms with van der Waals surface area (Å²) in [6.45, 7) is 10.5. The second-order valence-electron chi connectivity index (χ2n) is 8.32. The van der Waals surface area contributed by atoms with Crippen LogP contribution in [0.5, 0.6) is 5.75 Å². The lowest BCUT2D eigenvalue weighted by Crippen LogP contribution is -2.52. The molecule has 1 heterocycles. The van der Waals surface area contributed by atoms with Crippen molar-refractivity contribution in [2.24, 2.45) is 10.9 Å². The zero-order valence-corrected chi connectivity index (χ0v) is 21.5. The molecule has 0 bridgehead atoms. The summed E-state index contributed by atoms with van der Waals surface area (Å²) in [5, 5.41) is 6.63. The molecule has 32 heavy (non-hydrogen) atoms. The molecular weight excluding hydrogens is 524 g/mol. The molecule has 7 nitrogen and oxygen atoms in total. The average molecular weight is 561 g/mol. The topological polar surface area (TPSA) is 69.2 Å². The minimum absolute atomic E-state index is 0. The van der Waals surface area contributed by atoms with Gasteiger partial charge >= 0.3 is 0 Å². The van der Waals surface area contributed by atoms with Gasteiger partial charge in [-0.3, -0.25) is 9.69 Å². The number of piperazine rings is 1. The maximum atomic E-state index is 13.0. The van der Waals surface area contributed by atoms with E-state index in [1.54, 1.807) is 12.1 Å². The number of rotatable bonds is 9. The van der Waals surface area contributed by atoms with Gasteiger partial charge in [-0.1, -0.05) is 6.42 Å². The lowest BCUT2D eigenvalue weighted by Gasteiger charge is -2.38. The van der Waals surface area contributed by atoms with Crippen molar-refractivity contribution < 1.29 is 13.9 Å². The fourth-order valence-electron chi connectivity index (χ4n) is 3.78. The highest BCUT2D eigenvalue weighted by Crippen LogP contribution is 2.28. The molecule has 1 aromatic rings. The van der Waals surface area contributed by atoms with Crippen molar-refractivity contribution in [3.8, 4) is 5.75 Å². The molecule has 0 spiro atoms. The van der Waals surface area contributed by atoms with Crippen LogP contribution in [0, 0.1) is 11.7 Å². The van der Waals surface area contributed by atoms with Crippen molar-refractivity contribution in [3.05, 3.63) is 30.1 Å². The van der Waals surface area contributed by atoms with Gasteiger partial charge in [0, 0.05) is 51.7 Å². The zero-order chi connectivity index (χ0) is 22.1. The Balaban J connectivity index is 0.00000363. The number of hydrogen-bond acceptors (Lipinski definition) is 4. The van der Waals surface area contributed by atoms with Gasteiger partial charge in [-0.25, -0.2) is 9.38 Å². The van der Waals surface area contributed by atoms with Gasteiger partial charge in [0.05, 0.1) is 6.54 Å². The van der Waals surface area contributed by atoms with Crippen molar-refractivity contribution in [2.45, 2.75) is 39.2 Å². The van der Waals surface area contributed by atoms with Crippen molar-refractivity contribution in [1.82, 2.24) is 20.4 Å². The van der Waals surface area contributed by atoms with E-state index in [1.165, 1.54) is 18.6 Å². The minimum Gasteiger partial charge on any atom is -0.489 e. The van der Waals surface area contributed by atoms with Crippen LogP contribution < -0.4 is 15.4 Å². The Morgan fingerprint density at radius 1 is 1.19 bits per heavy atom. The van der Waals surface area contributed by atoms with Crippen LogP contribution >= 0.6 is 24.0 Å². The summed E-state index contributed by atoms with van der Waals surface area (Å²) < 4.78 is 18.8. The fourth-order valence-corrected chi connectivity index (χ4v) is 3.78. The molecule has 3 rings (SSSR count). The highest BCUT2D eigenvalue weighted by Gasteiger charge is 2.30. The van der Waals surface area contributed by atoms with Gasteiger partial charge in [0.15, 0.2) is 5.96 Å². The lowest BCUT2D eigenvalue weighted by molar-refractivity contribution is -0.139. The number of aliphatic imine (C=N–C) groups is 1. The largest absolute Gasteiger partial charge is 0.489 e. The van der Waals surface area contributed by atoms with Gasteiger partial charge in [0.25, 0.3) is 0 Å². The van der Waals surface area contributed by atoms with Crippen molar-refractivity contribution in [2.75, 3.05) is 52.4 Å². The molecule has 0 aromatic heterocycles. The Labute approximate surface area is 208 Å². The highest BCUT2D eigenvalue weighted by molar-refractivity contribution is 14.0. The molecule has 1 saturated heterocycles. The number of amides is 1. The Hall–Kier alpha value is -1.62. The number of nitrogens with one attached hydrogen (secondary N) is 2. The normalized spacial score (nSPS) is 18.3. The summed E-state index contributed by atoms with van der Waals surface area (Å²) >= 11 is 0. The molecule has 0 radical (unpaired) electrons. The second-order valence-corrected chi connectivity index (χ2v) is 8.32. The van der Waals surface area contributed by atoms with E-state index in [2.05, 4.69) is 20.5 Å². The minimum atomic E-state index is -0.275. The summed E-state index contributed by atoms with van der Waals surface area (Å²) in [6.07, 6.45) is 3.23. The molecule has 180 valence electrons. The van der Waals surface area contributed by atoms with Gasteiger partial charge in [0.1, 0.15) is 17.7 Å². The van der Waals surface area contributed by atoms with Crippen LogP contribution in [0.25, 0.3) is 0 Å². The standard InChI is InChI=1S/C23H36FN5O2.HI/c1-3-25-23(27-17-18(2)31-21-9-7-20(24)8-10-21)26-11-12-28-13-15-29(16-14-28)22(30)19-5-4-6-19;/h7-10,18-19H,3-6,11-17H2,1-2H3,(H2,25,26,27);1H. The lowest BCUT2D eigenvalue weighted by atomic mass is 9.84. The van der Waals surface area contributed by atoms with E-state index >= 15 is 0 Å². The first-order valence-corrected chi connectivity index (χ1v) is 11.5. The Morgan fingerprint density at radius 3 is 2.47 bits per heavy atom. The van der Waals surface area contributed by atoms with Crippen molar-refractivity contribution >= 4 is 35.8 Å². The van der Waals surface area contributed by atoms with Crippen LogP contribution in [0.3, 0.4) is 0 Å². The third kappa shape index (κ3) is 8.38. The summed E-state index contributed by atoms with van der Waals surface area (Å²) in [4.78, 5) is 21.4. The van der Waals surface area contributed by atoms with E-state index < -0.39 is 0 Å². The number of carbonyl (C=O) groups excluding carboxylic acids is 1. The van der Waals surface area contributed by atoms with Crippen molar-refractivity contribution in [1.29, 1.82) is 0 Å². The predicted molar refractivity (Wildman–Crippen MR) is 136 cm³/mol. The molecule has 1 aromatic carbocycles. The van der Waals surface area contributed by atoms with E-state index in [0.29, 0.717) is 24.1 Å². The number of benzene rings is 1. The zero-order valence-electron chi connectivity index (χ0n) is 19.2. The number of ether oxygens (including phenoxy) is 1. The third-order valence-electron chi connectivity index (χ3n) is 5.86. The quantitative estimate of drug-likeness (QED) is 0.276. The average Bonchev–Trinajstić information content (AvgIpc) is 2.73. The molecule has 1 unspecified atom stereocenters. The second kappa shape index (κ2) is 13.8. The smallest absolute Gasteiger partial charge is 0.225 e. The Morgan fingerprint density at radius 2 is 1.88 bits per heavy atom. The maximum absolute atomic E-state index is 13.0. The van der Waals surface area contributed by atoms with Crippen LogP contribution in [-0.2, 0) is 4.79 Å². The van der Waals surface area contributed by atoms with E-state index in [-0.39, 0.29) is 35.9 Å². The highest BCUT2D eigenvalue weighted by atomic mass is 127.